The van der Waals surface area contributed by atoms with Crippen LogP contribution in [0.2, 0.25) is 10.0 Å². The van der Waals surface area contributed by atoms with Crippen molar-refractivity contribution < 1.29 is 14.7 Å². The second-order valence-corrected chi connectivity index (χ2v) is 7.77. The zero-order valence-electron chi connectivity index (χ0n) is 15.8. The van der Waals surface area contributed by atoms with Gasteiger partial charge in [-0.05, 0) is 60.5 Å². The van der Waals surface area contributed by atoms with Gasteiger partial charge in [0.05, 0.1) is 11.6 Å². The second-order valence-electron chi connectivity index (χ2n) is 6.89. The predicted molar refractivity (Wildman–Crippen MR) is 117 cm³/mol. The molecule has 3 aromatic rings. The summed E-state index contributed by atoms with van der Waals surface area (Å²) in [6.45, 7) is 1.82. The Bertz CT molecular complexity index is 1170. The number of hydrogen-bond acceptors (Lipinski definition) is 4. The number of aliphatic hydroxyl groups excluding tert-OH is 1. The van der Waals surface area contributed by atoms with Crippen LogP contribution in [0.1, 0.15) is 22.7 Å². The summed E-state index contributed by atoms with van der Waals surface area (Å²) in [6, 6.07) is 14.1. The summed E-state index contributed by atoms with van der Waals surface area (Å²) < 4.78 is 0. The van der Waals surface area contributed by atoms with E-state index in [0.717, 1.165) is 5.56 Å². The van der Waals surface area contributed by atoms with Crippen LogP contribution in [0, 0.1) is 6.92 Å². The van der Waals surface area contributed by atoms with Gasteiger partial charge in [0.25, 0.3) is 11.7 Å². The monoisotopic (exact) mass is 438 g/mol. The van der Waals surface area contributed by atoms with Crippen molar-refractivity contribution in [3.05, 3.63) is 99.3 Å². The first-order valence-corrected chi connectivity index (χ1v) is 9.87. The second kappa shape index (κ2) is 7.94. The number of aliphatic hydroxyl groups is 1. The van der Waals surface area contributed by atoms with E-state index in [4.69, 9.17) is 23.2 Å². The van der Waals surface area contributed by atoms with Crippen molar-refractivity contribution in [1.29, 1.82) is 0 Å². The smallest absolute Gasteiger partial charge is 0.300 e. The van der Waals surface area contributed by atoms with Gasteiger partial charge in [-0.25, -0.2) is 0 Å². The molecule has 4 rings (SSSR count). The number of halogens is 2. The van der Waals surface area contributed by atoms with Crippen molar-refractivity contribution in [3.63, 3.8) is 0 Å². The Morgan fingerprint density at radius 1 is 1.03 bits per heavy atom. The number of nitrogens with zero attached hydrogens (tertiary/aromatic N) is 2. The lowest BCUT2D eigenvalue weighted by molar-refractivity contribution is -0.132. The molecule has 0 saturated carbocycles. The SMILES string of the molecule is Cc1ccc(Cl)cc1N1C(=O)C(=O)/C(=C(/O)c2ccc(Cl)cc2)C1c1cccnc1. The molecule has 150 valence electrons. The van der Waals surface area contributed by atoms with Crippen LogP contribution in [-0.2, 0) is 9.59 Å². The first-order valence-electron chi connectivity index (χ1n) is 9.11. The number of aryl methyl sites for hydroxylation is 1. The van der Waals surface area contributed by atoms with E-state index in [1.54, 1.807) is 67.0 Å². The molecular formula is C23H16Cl2N2O3. The number of Topliss-reactive ketones (excluding diaryl/α,β-unsaturated/α-hetero) is 1. The van der Waals surface area contributed by atoms with Crippen molar-refractivity contribution in [1.82, 2.24) is 4.98 Å². The Balaban J connectivity index is 1.97. The Morgan fingerprint density at radius 3 is 2.40 bits per heavy atom. The first kappa shape index (κ1) is 20.1. The number of anilines is 1. The van der Waals surface area contributed by atoms with E-state index < -0.39 is 17.7 Å². The third kappa shape index (κ3) is 3.47. The third-order valence-corrected chi connectivity index (χ3v) is 5.48. The van der Waals surface area contributed by atoms with Crippen LogP contribution in [0.15, 0.2) is 72.6 Å². The van der Waals surface area contributed by atoms with Crippen molar-refractivity contribution in [2.45, 2.75) is 13.0 Å². The quantitative estimate of drug-likeness (QED) is 0.341. The molecule has 1 aromatic heterocycles. The Hall–Kier alpha value is -3.15. The lowest BCUT2D eigenvalue weighted by Gasteiger charge is -2.26. The van der Waals surface area contributed by atoms with E-state index in [2.05, 4.69) is 4.98 Å². The number of pyridine rings is 1. The summed E-state index contributed by atoms with van der Waals surface area (Å²) in [6.07, 6.45) is 3.16. The number of hydrogen-bond donors (Lipinski definition) is 1. The minimum atomic E-state index is -0.855. The standard InChI is InChI=1S/C23H16Cl2N2O3/c1-13-4-7-17(25)11-18(13)27-20(15-3-2-10-26-12-15)19(22(29)23(27)30)21(28)14-5-8-16(24)9-6-14/h2-12,20,28H,1H3/b21-19+. The molecule has 1 atom stereocenters. The van der Waals surface area contributed by atoms with Gasteiger partial charge in [-0.3, -0.25) is 19.5 Å². The van der Waals surface area contributed by atoms with Gasteiger partial charge in [0.1, 0.15) is 5.76 Å². The number of ketones is 1. The number of carbonyl (C=O) groups excluding carboxylic acids is 2. The molecule has 2 heterocycles. The van der Waals surface area contributed by atoms with Crippen LogP contribution in [0.5, 0.6) is 0 Å². The topological polar surface area (TPSA) is 70.5 Å². The number of aromatic nitrogens is 1. The van der Waals surface area contributed by atoms with Gasteiger partial charge in [-0.15, -0.1) is 0 Å². The maximum atomic E-state index is 13.1. The third-order valence-electron chi connectivity index (χ3n) is 4.99. The normalized spacial score (nSPS) is 18.1. The van der Waals surface area contributed by atoms with Gasteiger partial charge in [-0.1, -0.05) is 35.3 Å². The molecule has 1 amide bonds. The molecule has 0 radical (unpaired) electrons. The van der Waals surface area contributed by atoms with Gasteiger partial charge in [0, 0.05) is 33.7 Å². The fourth-order valence-electron chi connectivity index (χ4n) is 3.54. The van der Waals surface area contributed by atoms with E-state index >= 15 is 0 Å². The van der Waals surface area contributed by atoms with Crippen LogP contribution in [0.4, 0.5) is 5.69 Å². The summed E-state index contributed by atoms with van der Waals surface area (Å²) in [5.74, 6) is -1.80. The molecule has 7 heteroatoms. The highest BCUT2D eigenvalue weighted by Gasteiger charge is 2.47. The average Bonchev–Trinajstić information content (AvgIpc) is 3.01. The summed E-state index contributed by atoms with van der Waals surface area (Å²) in [4.78, 5) is 31.7. The molecule has 1 fully saturated rings. The number of carbonyl (C=O) groups is 2. The highest BCUT2D eigenvalue weighted by Crippen LogP contribution is 2.43. The fraction of sp³-hybridized carbons (Fsp3) is 0.0870. The van der Waals surface area contributed by atoms with Crippen molar-refractivity contribution in [2.24, 2.45) is 0 Å². The van der Waals surface area contributed by atoms with Crippen LogP contribution in [0.3, 0.4) is 0 Å². The Kier molecular flexibility index (Phi) is 5.33. The molecule has 1 unspecified atom stereocenters. The highest BCUT2D eigenvalue weighted by atomic mass is 35.5. The summed E-state index contributed by atoms with van der Waals surface area (Å²) in [5, 5.41) is 11.9. The Morgan fingerprint density at radius 2 is 1.73 bits per heavy atom. The number of rotatable bonds is 3. The molecule has 0 aliphatic carbocycles. The minimum Gasteiger partial charge on any atom is -0.507 e. The van der Waals surface area contributed by atoms with Crippen LogP contribution < -0.4 is 4.90 Å². The lowest BCUT2D eigenvalue weighted by Crippen LogP contribution is -2.30. The zero-order valence-corrected chi connectivity index (χ0v) is 17.4. The maximum absolute atomic E-state index is 13.1. The maximum Gasteiger partial charge on any atom is 0.300 e. The molecule has 30 heavy (non-hydrogen) atoms. The van der Waals surface area contributed by atoms with E-state index in [1.165, 1.54) is 4.90 Å². The van der Waals surface area contributed by atoms with Gasteiger partial charge in [-0.2, -0.15) is 0 Å². The molecule has 0 spiro atoms. The van der Waals surface area contributed by atoms with Gasteiger partial charge in [0.2, 0.25) is 0 Å². The minimum absolute atomic E-state index is 0.0188. The van der Waals surface area contributed by atoms with Crippen molar-refractivity contribution >= 4 is 46.3 Å². The average molecular weight is 439 g/mol. The summed E-state index contributed by atoms with van der Waals surface area (Å²) >= 11 is 12.1. The van der Waals surface area contributed by atoms with E-state index in [9.17, 15) is 14.7 Å². The summed E-state index contributed by atoms with van der Waals surface area (Å²) in [5.41, 5.74) is 2.21. The van der Waals surface area contributed by atoms with Gasteiger partial charge < -0.3 is 5.11 Å². The van der Waals surface area contributed by atoms with E-state index in [-0.39, 0.29) is 11.3 Å². The van der Waals surface area contributed by atoms with Gasteiger partial charge >= 0.3 is 0 Å². The molecular weight excluding hydrogens is 423 g/mol. The van der Waals surface area contributed by atoms with E-state index in [0.29, 0.717) is 26.9 Å². The first-order chi connectivity index (χ1) is 14.4. The zero-order chi connectivity index (χ0) is 21.4. The van der Waals surface area contributed by atoms with Gasteiger partial charge in [0.15, 0.2) is 0 Å². The molecule has 1 aliphatic heterocycles. The highest BCUT2D eigenvalue weighted by molar-refractivity contribution is 6.52. The molecule has 2 aromatic carbocycles. The van der Waals surface area contributed by atoms with E-state index in [1.807, 2.05) is 6.92 Å². The van der Waals surface area contributed by atoms with Crippen LogP contribution in [-0.4, -0.2) is 21.8 Å². The number of amides is 1. The molecule has 0 bridgehead atoms. The van der Waals surface area contributed by atoms with Crippen molar-refractivity contribution in [2.75, 3.05) is 4.90 Å². The van der Waals surface area contributed by atoms with Crippen molar-refractivity contribution in [3.8, 4) is 0 Å². The lowest BCUT2D eigenvalue weighted by atomic mass is 9.96. The fourth-order valence-corrected chi connectivity index (χ4v) is 3.83. The molecule has 1 saturated heterocycles. The summed E-state index contributed by atoms with van der Waals surface area (Å²) in [7, 11) is 0. The predicted octanol–water partition coefficient (Wildman–Crippen LogP) is 5.32. The molecule has 1 aliphatic rings. The van der Waals surface area contributed by atoms with Crippen LogP contribution in [0.25, 0.3) is 5.76 Å². The molecule has 1 N–H and O–H groups in total. The largest absolute Gasteiger partial charge is 0.507 e. The number of benzene rings is 2. The van der Waals surface area contributed by atoms with Crippen LogP contribution >= 0.6 is 23.2 Å². The Labute approximate surface area is 183 Å². The molecule has 5 nitrogen and oxygen atoms in total.